The molecule has 4 nitrogen and oxygen atoms in total. The molecule has 3 aromatic carbocycles. The lowest BCUT2D eigenvalue weighted by Gasteiger charge is -2.44. The molecule has 0 saturated heterocycles. The van der Waals surface area contributed by atoms with E-state index in [4.69, 9.17) is 0 Å². The van der Waals surface area contributed by atoms with Crippen LogP contribution in [0.25, 0.3) is 0 Å². The van der Waals surface area contributed by atoms with Gasteiger partial charge < -0.3 is 10.2 Å². The van der Waals surface area contributed by atoms with Crippen LogP contribution in [0.5, 0.6) is 0 Å². The van der Waals surface area contributed by atoms with Gasteiger partial charge in [-0.15, -0.1) is 0 Å². The van der Waals surface area contributed by atoms with Gasteiger partial charge in [-0.05, 0) is 36.6 Å². The molecule has 4 rings (SSSR count). The topological polar surface area (TPSA) is 49.4 Å². The molecule has 1 heterocycles. The number of fused-ring (bicyclic) bond motifs is 1. The van der Waals surface area contributed by atoms with Crippen molar-refractivity contribution in [2.24, 2.45) is 0 Å². The lowest BCUT2D eigenvalue weighted by atomic mass is 9.82. The van der Waals surface area contributed by atoms with Crippen LogP contribution in [-0.2, 0) is 24.3 Å². The third-order valence-electron chi connectivity index (χ3n) is 5.83. The lowest BCUT2D eigenvalue weighted by Crippen LogP contribution is -2.62. The molecule has 30 heavy (non-hydrogen) atoms. The molecule has 4 heteroatoms. The van der Waals surface area contributed by atoms with Crippen molar-refractivity contribution in [2.45, 2.75) is 38.9 Å². The summed E-state index contributed by atoms with van der Waals surface area (Å²) in [6.07, 6.45) is 0.487. The summed E-state index contributed by atoms with van der Waals surface area (Å²) in [4.78, 5) is 28.6. The van der Waals surface area contributed by atoms with E-state index in [1.54, 1.807) is 4.90 Å². The average Bonchev–Trinajstić information content (AvgIpc) is 2.76. The number of hydrogen-bond donors (Lipinski definition) is 1. The molecule has 0 aromatic heterocycles. The molecule has 1 atom stereocenters. The minimum atomic E-state index is -0.968. The molecule has 152 valence electrons. The predicted molar refractivity (Wildman–Crippen MR) is 118 cm³/mol. The summed E-state index contributed by atoms with van der Waals surface area (Å²) in [5.74, 6) is -0.238. The molecule has 0 unspecified atom stereocenters. The predicted octanol–water partition coefficient (Wildman–Crippen LogP) is 4.27. The molecule has 1 aliphatic heterocycles. The van der Waals surface area contributed by atoms with Crippen molar-refractivity contribution in [3.63, 3.8) is 0 Å². The quantitative estimate of drug-likeness (QED) is 0.698. The Morgan fingerprint density at radius 1 is 0.967 bits per heavy atom. The van der Waals surface area contributed by atoms with Crippen LogP contribution in [0.3, 0.4) is 0 Å². The highest BCUT2D eigenvalue weighted by Crippen LogP contribution is 2.33. The average molecular weight is 399 g/mol. The Morgan fingerprint density at radius 2 is 1.67 bits per heavy atom. The second kappa shape index (κ2) is 8.15. The zero-order valence-corrected chi connectivity index (χ0v) is 17.4. The van der Waals surface area contributed by atoms with E-state index in [-0.39, 0.29) is 11.8 Å². The maximum Gasteiger partial charge on any atom is 0.255 e. The normalized spacial score (nSPS) is 18.1. The molecular formula is C26H26N2O2. The minimum absolute atomic E-state index is 0.101. The Morgan fingerprint density at radius 3 is 2.43 bits per heavy atom. The molecule has 0 bridgehead atoms. The number of nitrogens with one attached hydrogen (secondary N) is 1. The van der Waals surface area contributed by atoms with Gasteiger partial charge >= 0.3 is 0 Å². The van der Waals surface area contributed by atoms with Gasteiger partial charge in [0.15, 0.2) is 0 Å². The van der Waals surface area contributed by atoms with Gasteiger partial charge in [-0.2, -0.15) is 0 Å². The van der Waals surface area contributed by atoms with Crippen LogP contribution in [0.1, 0.15) is 39.5 Å². The third kappa shape index (κ3) is 3.86. The molecule has 0 radical (unpaired) electrons. The number of benzene rings is 3. The van der Waals surface area contributed by atoms with E-state index in [0.29, 0.717) is 25.1 Å². The smallest absolute Gasteiger partial charge is 0.255 e. The van der Waals surface area contributed by atoms with Gasteiger partial charge in [0, 0.05) is 25.1 Å². The maximum atomic E-state index is 13.4. The van der Waals surface area contributed by atoms with Crippen LogP contribution in [0, 0.1) is 6.92 Å². The summed E-state index contributed by atoms with van der Waals surface area (Å²) in [7, 11) is 0. The third-order valence-corrected chi connectivity index (χ3v) is 5.83. The number of aryl methyl sites for hydroxylation is 1. The van der Waals surface area contributed by atoms with Crippen LogP contribution in [0.15, 0.2) is 78.9 Å². The van der Waals surface area contributed by atoms with E-state index in [0.717, 1.165) is 22.3 Å². The summed E-state index contributed by atoms with van der Waals surface area (Å²) in [6, 6.07) is 25.5. The van der Waals surface area contributed by atoms with E-state index in [9.17, 15) is 9.59 Å². The molecule has 0 fully saturated rings. The highest BCUT2D eigenvalue weighted by atomic mass is 16.2. The van der Waals surface area contributed by atoms with Crippen molar-refractivity contribution in [3.05, 3.63) is 107 Å². The minimum Gasteiger partial charge on any atom is -0.350 e. The first kappa shape index (κ1) is 19.9. The molecular weight excluding hydrogens is 372 g/mol. The Hall–Kier alpha value is -3.40. The van der Waals surface area contributed by atoms with Gasteiger partial charge in [0.2, 0.25) is 5.91 Å². The van der Waals surface area contributed by atoms with Gasteiger partial charge in [-0.1, -0.05) is 78.4 Å². The zero-order valence-electron chi connectivity index (χ0n) is 17.4. The largest absolute Gasteiger partial charge is 0.350 e. The SMILES string of the molecule is Cc1cccc(CN2C(=O)c3ccccc3C[C@]2(C)C(=O)NCc2ccccc2)c1. The number of amides is 2. The van der Waals surface area contributed by atoms with Crippen molar-refractivity contribution >= 4 is 11.8 Å². The van der Waals surface area contributed by atoms with E-state index < -0.39 is 5.54 Å². The highest BCUT2D eigenvalue weighted by molar-refractivity contribution is 6.02. The molecule has 3 aromatic rings. The van der Waals surface area contributed by atoms with Crippen molar-refractivity contribution in [1.29, 1.82) is 0 Å². The van der Waals surface area contributed by atoms with Crippen LogP contribution in [-0.4, -0.2) is 22.3 Å². The molecule has 0 spiro atoms. The van der Waals surface area contributed by atoms with Crippen molar-refractivity contribution in [2.75, 3.05) is 0 Å². The monoisotopic (exact) mass is 398 g/mol. The first-order chi connectivity index (χ1) is 14.5. The number of carbonyl (C=O) groups excluding carboxylic acids is 2. The van der Waals surface area contributed by atoms with Gasteiger partial charge in [-0.3, -0.25) is 9.59 Å². The van der Waals surface area contributed by atoms with Crippen molar-refractivity contribution in [1.82, 2.24) is 10.2 Å². The zero-order chi connectivity index (χ0) is 21.1. The van der Waals surface area contributed by atoms with E-state index in [1.807, 2.05) is 86.6 Å². The molecule has 1 aliphatic rings. The van der Waals surface area contributed by atoms with Crippen molar-refractivity contribution < 1.29 is 9.59 Å². The molecule has 0 aliphatic carbocycles. The van der Waals surface area contributed by atoms with Gasteiger partial charge in [-0.25, -0.2) is 0 Å². The molecule has 2 amide bonds. The van der Waals surface area contributed by atoms with Gasteiger partial charge in [0.25, 0.3) is 5.91 Å². The first-order valence-electron chi connectivity index (χ1n) is 10.2. The Kier molecular flexibility index (Phi) is 5.40. The number of nitrogens with zero attached hydrogens (tertiary/aromatic N) is 1. The van der Waals surface area contributed by atoms with Gasteiger partial charge in [0.1, 0.15) is 5.54 Å². The summed E-state index contributed by atoms with van der Waals surface area (Å²) >= 11 is 0. The fraction of sp³-hybridized carbons (Fsp3) is 0.231. The molecule has 1 N–H and O–H groups in total. The standard InChI is InChI=1S/C26H26N2O2/c1-19-9-8-12-21(15-19)18-28-24(29)23-14-7-6-13-22(23)16-26(28,2)25(30)27-17-20-10-4-3-5-11-20/h3-15H,16-18H2,1-2H3,(H,27,30)/t26-/m1/s1. The van der Waals surface area contributed by atoms with E-state index >= 15 is 0 Å². The van der Waals surface area contributed by atoms with Crippen LogP contribution in [0.4, 0.5) is 0 Å². The highest BCUT2D eigenvalue weighted by Gasteiger charge is 2.46. The van der Waals surface area contributed by atoms with Crippen LogP contribution in [0.2, 0.25) is 0 Å². The van der Waals surface area contributed by atoms with E-state index in [2.05, 4.69) is 11.4 Å². The summed E-state index contributed by atoms with van der Waals surface area (Å²) in [6.45, 7) is 4.73. The van der Waals surface area contributed by atoms with Gasteiger partial charge in [0.05, 0.1) is 0 Å². The Bertz CT molecular complexity index is 1080. The Balaban J connectivity index is 1.66. The van der Waals surface area contributed by atoms with Crippen molar-refractivity contribution in [3.8, 4) is 0 Å². The fourth-order valence-electron chi connectivity index (χ4n) is 4.13. The molecule has 0 saturated carbocycles. The number of rotatable bonds is 5. The van der Waals surface area contributed by atoms with Crippen LogP contribution < -0.4 is 5.32 Å². The first-order valence-corrected chi connectivity index (χ1v) is 10.2. The number of hydrogen-bond acceptors (Lipinski definition) is 2. The number of carbonyl (C=O) groups is 2. The summed E-state index contributed by atoms with van der Waals surface area (Å²) in [5.41, 5.74) is 3.81. The van der Waals surface area contributed by atoms with Crippen LogP contribution >= 0.6 is 0 Å². The second-order valence-electron chi connectivity index (χ2n) is 8.16. The summed E-state index contributed by atoms with van der Waals surface area (Å²) in [5, 5.41) is 3.05. The summed E-state index contributed by atoms with van der Waals surface area (Å²) < 4.78 is 0. The maximum absolute atomic E-state index is 13.4. The fourth-order valence-corrected chi connectivity index (χ4v) is 4.13. The lowest BCUT2D eigenvalue weighted by molar-refractivity contribution is -0.132. The second-order valence-corrected chi connectivity index (χ2v) is 8.16. The Labute approximate surface area is 177 Å². The van der Waals surface area contributed by atoms with E-state index in [1.165, 1.54) is 0 Å².